The van der Waals surface area contributed by atoms with Gasteiger partial charge in [-0.25, -0.2) is 4.98 Å². The largest absolute Gasteiger partial charge is 0.347 e. The van der Waals surface area contributed by atoms with Gasteiger partial charge >= 0.3 is 11.8 Å². The zero-order chi connectivity index (χ0) is 19.8. The van der Waals surface area contributed by atoms with E-state index in [0.717, 1.165) is 21.8 Å². The minimum atomic E-state index is -0.523. The highest BCUT2D eigenvalue weighted by Gasteiger charge is 2.41. The van der Waals surface area contributed by atoms with Crippen LogP contribution in [0.5, 0.6) is 0 Å². The van der Waals surface area contributed by atoms with Gasteiger partial charge in [0.15, 0.2) is 5.79 Å². The lowest BCUT2D eigenvalue weighted by molar-refractivity contribution is -0.181. The number of aromatic nitrogens is 3. The van der Waals surface area contributed by atoms with E-state index in [1.165, 1.54) is 0 Å². The third-order valence-electron chi connectivity index (χ3n) is 5.27. The summed E-state index contributed by atoms with van der Waals surface area (Å²) in [6, 6.07) is 7.75. The highest BCUT2D eigenvalue weighted by molar-refractivity contribution is 7.09. The fraction of sp³-hybridized carbons (Fsp3) is 0.400. The van der Waals surface area contributed by atoms with Crippen molar-refractivity contribution < 1.29 is 18.8 Å². The first kappa shape index (κ1) is 18.4. The Hall–Kier alpha value is -2.62. The third-order valence-corrected chi connectivity index (χ3v) is 6.04. The van der Waals surface area contributed by atoms with Crippen molar-refractivity contribution in [3.05, 3.63) is 40.5 Å². The monoisotopic (exact) mass is 412 g/mol. The number of rotatable bonds is 3. The van der Waals surface area contributed by atoms with E-state index < -0.39 is 5.79 Å². The Kier molecular flexibility index (Phi) is 4.65. The van der Waals surface area contributed by atoms with Crippen molar-refractivity contribution >= 4 is 17.2 Å². The van der Waals surface area contributed by atoms with Crippen LogP contribution in [0.4, 0.5) is 0 Å². The minimum Gasteiger partial charge on any atom is -0.347 e. The number of hydrogen-bond acceptors (Lipinski definition) is 8. The van der Waals surface area contributed by atoms with E-state index in [1.54, 1.807) is 16.2 Å². The smallest absolute Gasteiger partial charge is 0.316 e. The van der Waals surface area contributed by atoms with Gasteiger partial charge in [0.05, 0.1) is 23.9 Å². The van der Waals surface area contributed by atoms with E-state index in [1.807, 2.05) is 36.6 Å². The topological polar surface area (TPSA) is 90.6 Å². The lowest BCUT2D eigenvalue weighted by Crippen LogP contribution is -2.47. The molecule has 2 saturated heterocycles. The summed E-state index contributed by atoms with van der Waals surface area (Å²) in [6.07, 6.45) is 1.30. The van der Waals surface area contributed by atoms with Crippen molar-refractivity contribution in [2.75, 3.05) is 26.3 Å². The molecule has 0 aliphatic carbocycles. The summed E-state index contributed by atoms with van der Waals surface area (Å²) in [4.78, 5) is 23.3. The molecule has 1 spiro atoms. The molecule has 0 bridgehead atoms. The summed E-state index contributed by atoms with van der Waals surface area (Å²) in [7, 11) is 0. The van der Waals surface area contributed by atoms with Gasteiger partial charge in [-0.15, -0.1) is 11.3 Å². The predicted molar refractivity (Wildman–Crippen MR) is 105 cm³/mol. The summed E-state index contributed by atoms with van der Waals surface area (Å²) in [6.45, 7) is 4.27. The Morgan fingerprint density at radius 1 is 1.14 bits per heavy atom. The van der Waals surface area contributed by atoms with Gasteiger partial charge in [0.1, 0.15) is 0 Å². The number of likely N-dealkylation sites (tertiary alicyclic amines) is 1. The number of benzene rings is 1. The molecule has 0 unspecified atom stereocenters. The number of carbonyl (C=O) groups excluding carboxylic acids is 1. The second-order valence-corrected chi connectivity index (χ2v) is 8.22. The average Bonchev–Trinajstić information content (AvgIpc) is 3.50. The molecule has 0 atom stereocenters. The van der Waals surface area contributed by atoms with E-state index in [0.29, 0.717) is 45.0 Å². The van der Waals surface area contributed by atoms with Crippen LogP contribution < -0.4 is 0 Å². The third kappa shape index (κ3) is 3.57. The molecule has 8 nitrogen and oxygen atoms in total. The molecule has 0 N–H and O–H groups in total. The van der Waals surface area contributed by atoms with Gasteiger partial charge in [-0.2, -0.15) is 4.98 Å². The molecule has 9 heteroatoms. The highest BCUT2D eigenvalue weighted by atomic mass is 32.1. The number of hydrogen-bond donors (Lipinski definition) is 0. The Morgan fingerprint density at radius 2 is 1.90 bits per heavy atom. The molecule has 150 valence electrons. The molecule has 1 aromatic carbocycles. The normalized spacial score (nSPS) is 18.4. The summed E-state index contributed by atoms with van der Waals surface area (Å²) in [5, 5.41) is 7.04. The lowest BCUT2D eigenvalue weighted by atomic mass is 10.0. The van der Waals surface area contributed by atoms with E-state index >= 15 is 0 Å². The molecule has 2 aliphatic rings. The second-order valence-electron chi connectivity index (χ2n) is 7.16. The first-order chi connectivity index (χ1) is 14.1. The van der Waals surface area contributed by atoms with Crippen LogP contribution in [0, 0.1) is 6.92 Å². The van der Waals surface area contributed by atoms with Crippen molar-refractivity contribution in [1.29, 1.82) is 0 Å². The molecule has 5 rings (SSSR count). The number of carbonyl (C=O) groups is 1. The molecular weight excluding hydrogens is 392 g/mol. The van der Waals surface area contributed by atoms with Crippen molar-refractivity contribution in [2.24, 2.45) is 0 Å². The van der Waals surface area contributed by atoms with Gasteiger partial charge < -0.3 is 18.9 Å². The molecule has 3 aromatic rings. The number of amides is 1. The molecule has 2 aliphatic heterocycles. The van der Waals surface area contributed by atoms with E-state index in [-0.39, 0.29) is 11.8 Å². The molecule has 2 aromatic heterocycles. The van der Waals surface area contributed by atoms with Crippen LogP contribution in [0.3, 0.4) is 0 Å². The molecule has 4 heterocycles. The van der Waals surface area contributed by atoms with Crippen LogP contribution in [0.25, 0.3) is 22.6 Å². The Balaban J connectivity index is 1.31. The van der Waals surface area contributed by atoms with Gasteiger partial charge in [0.2, 0.25) is 5.82 Å². The fourth-order valence-electron chi connectivity index (χ4n) is 3.71. The summed E-state index contributed by atoms with van der Waals surface area (Å²) in [5.74, 6) is -0.397. The summed E-state index contributed by atoms with van der Waals surface area (Å²) >= 11 is 1.60. The zero-order valence-corrected chi connectivity index (χ0v) is 16.8. The lowest BCUT2D eigenvalue weighted by Gasteiger charge is -2.36. The molecule has 0 saturated carbocycles. The second kappa shape index (κ2) is 7.33. The quantitative estimate of drug-likeness (QED) is 0.653. The number of piperidine rings is 1. The fourth-order valence-corrected chi connectivity index (χ4v) is 4.33. The Bertz CT molecular complexity index is 1030. The van der Waals surface area contributed by atoms with Gasteiger partial charge in [-0.1, -0.05) is 23.4 Å². The highest BCUT2D eigenvalue weighted by Crippen LogP contribution is 2.32. The van der Waals surface area contributed by atoms with Gasteiger partial charge in [-0.05, 0) is 13.0 Å². The van der Waals surface area contributed by atoms with Gasteiger partial charge in [0.25, 0.3) is 0 Å². The zero-order valence-electron chi connectivity index (χ0n) is 16.0. The number of aryl methyl sites for hydroxylation is 1. The average molecular weight is 412 g/mol. The summed E-state index contributed by atoms with van der Waals surface area (Å²) < 4.78 is 16.7. The Labute approximate surface area is 171 Å². The van der Waals surface area contributed by atoms with Crippen LogP contribution in [-0.2, 0) is 9.47 Å². The van der Waals surface area contributed by atoms with Crippen LogP contribution in [0.15, 0.2) is 34.2 Å². The molecule has 29 heavy (non-hydrogen) atoms. The van der Waals surface area contributed by atoms with Gasteiger partial charge in [-0.3, -0.25) is 4.79 Å². The van der Waals surface area contributed by atoms with Crippen LogP contribution in [0.2, 0.25) is 0 Å². The molecule has 1 amide bonds. The van der Waals surface area contributed by atoms with Crippen LogP contribution in [0.1, 0.15) is 28.5 Å². The molecule has 0 radical (unpaired) electrons. The Morgan fingerprint density at radius 3 is 2.62 bits per heavy atom. The molecule has 2 fully saturated rings. The van der Waals surface area contributed by atoms with Crippen molar-refractivity contribution in [3.8, 4) is 22.6 Å². The van der Waals surface area contributed by atoms with E-state index in [4.69, 9.17) is 14.0 Å². The maximum Gasteiger partial charge on any atom is 0.316 e. The van der Waals surface area contributed by atoms with E-state index in [2.05, 4.69) is 15.1 Å². The van der Waals surface area contributed by atoms with Crippen LogP contribution >= 0.6 is 11.3 Å². The van der Waals surface area contributed by atoms with Crippen LogP contribution in [-0.4, -0.2) is 58.0 Å². The van der Waals surface area contributed by atoms with Crippen molar-refractivity contribution in [2.45, 2.75) is 25.6 Å². The van der Waals surface area contributed by atoms with Crippen molar-refractivity contribution in [3.63, 3.8) is 0 Å². The number of nitrogens with zero attached hydrogens (tertiary/aromatic N) is 4. The number of ether oxygens (including phenoxy) is 2. The van der Waals surface area contributed by atoms with Crippen molar-refractivity contribution in [1.82, 2.24) is 20.0 Å². The predicted octanol–water partition coefficient (Wildman–Crippen LogP) is 3.15. The minimum absolute atomic E-state index is 0.000820. The first-order valence-electron chi connectivity index (χ1n) is 9.56. The maximum absolute atomic E-state index is 12.8. The SMILES string of the molecule is Cc1nc(-c2cccc(-c3noc(C(=O)N4CCC5(CC4)OCCO5)n3)c2)cs1. The van der Waals surface area contributed by atoms with E-state index in [9.17, 15) is 4.79 Å². The number of thiazole rings is 1. The molecular formula is C20H20N4O4S. The maximum atomic E-state index is 12.8. The first-order valence-corrected chi connectivity index (χ1v) is 10.4. The standard InChI is InChI=1S/C20H20N4O4S/c1-13-21-16(12-29-13)14-3-2-4-15(11-14)17-22-18(28-23-17)19(25)24-7-5-20(6-8-24)26-9-10-27-20/h2-4,11-12H,5-10H2,1H3. The van der Waals surface area contributed by atoms with Gasteiger partial charge in [0, 0.05) is 42.4 Å². The summed E-state index contributed by atoms with van der Waals surface area (Å²) in [5.41, 5.74) is 2.66.